The van der Waals surface area contributed by atoms with Crippen LogP contribution in [0, 0.1) is 5.92 Å². The van der Waals surface area contributed by atoms with Gasteiger partial charge in [-0.2, -0.15) is 0 Å². The van der Waals surface area contributed by atoms with Gasteiger partial charge >= 0.3 is 0 Å². The van der Waals surface area contributed by atoms with Crippen molar-refractivity contribution in [3.05, 3.63) is 0 Å². The lowest BCUT2D eigenvalue weighted by Crippen LogP contribution is -2.42. The topological polar surface area (TPSA) is 27.7 Å². The summed E-state index contributed by atoms with van der Waals surface area (Å²) >= 11 is 6.08. The van der Waals surface area contributed by atoms with Crippen molar-refractivity contribution in [2.24, 2.45) is 5.92 Å². The van der Waals surface area contributed by atoms with E-state index in [9.17, 15) is 0 Å². The molecule has 0 bridgehead atoms. The van der Waals surface area contributed by atoms with Crippen LogP contribution in [0.25, 0.3) is 0 Å². The molecule has 2 aliphatic rings. The summed E-state index contributed by atoms with van der Waals surface area (Å²) < 4.78 is 16.9. The van der Waals surface area contributed by atoms with E-state index in [1.807, 2.05) is 6.92 Å². The average Bonchev–Trinajstić information content (AvgIpc) is 2.32. The molecule has 1 aliphatic carbocycles. The molecule has 0 atom stereocenters. The smallest absolute Gasteiger partial charge is 0.160 e. The first-order valence-electron chi connectivity index (χ1n) is 6.28. The van der Waals surface area contributed by atoms with Crippen molar-refractivity contribution in [1.29, 1.82) is 0 Å². The minimum absolute atomic E-state index is 0.0270. The molecule has 0 aromatic rings. The van der Waals surface area contributed by atoms with E-state index in [-0.39, 0.29) is 12.4 Å². The molecule has 0 amide bonds. The maximum Gasteiger partial charge on any atom is 0.160 e. The molecule has 0 unspecified atom stereocenters. The van der Waals surface area contributed by atoms with E-state index >= 15 is 0 Å². The summed E-state index contributed by atoms with van der Waals surface area (Å²) in [6, 6.07) is 0. The van der Waals surface area contributed by atoms with E-state index in [4.69, 9.17) is 25.8 Å². The molecule has 1 saturated heterocycles. The van der Waals surface area contributed by atoms with Gasteiger partial charge in [0, 0.05) is 17.9 Å². The van der Waals surface area contributed by atoms with Gasteiger partial charge in [0.25, 0.3) is 0 Å². The zero-order valence-electron chi connectivity index (χ0n) is 9.86. The van der Waals surface area contributed by atoms with Gasteiger partial charge in [0.05, 0.1) is 13.2 Å². The van der Waals surface area contributed by atoms with E-state index < -0.39 is 0 Å². The molecule has 16 heavy (non-hydrogen) atoms. The number of hydrogen-bond donors (Lipinski definition) is 0. The molecule has 3 nitrogen and oxygen atoms in total. The van der Waals surface area contributed by atoms with Crippen molar-refractivity contribution < 1.29 is 14.2 Å². The SMILES string of the molecule is CCO[C@H]1CO[C@H]([C@H]2CC[C@H](Cl)CC2)OC1. The highest BCUT2D eigenvalue weighted by Gasteiger charge is 2.32. The number of halogens is 1. The number of rotatable bonds is 3. The molecule has 0 spiro atoms. The van der Waals surface area contributed by atoms with Gasteiger partial charge in [-0.15, -0.1) is 11.6 Å². The molecule has 0 aromatic heterocycles. The maximum atomic E-state index is 6.08. The van der Waals surface area contributed by atoms with Crippen LogP contribution in [0.2, 0.25) is 0 Å². The highest BCUT2D eigenvalue weighted by Crippen LogP contribution is 2.32. The molecular weight excluding hydrogens is 228 g/mol. The predicted molar refractivity (Wildman–Crippen MR) is 62.7 cm³/mol. The molecule has 0 radical (unpaired) electrons. The monoisotopic (exact) mass is 248 g/mol. The van der Waals surface area contributed by atoms with E-state index in [2.05, 4.69) is 0 Å². The first kappa shape index (κ1) is 12.6. The summed E-state index contributed by atoms with van der Waals surface area (Å²) in [4.78, 5) is 0. The molecule has 1 aliphatic heterocycles. The standard InChI is InChI=1S/C12H21ClO3/c1-2-14-11-7-15-12(16-8-11)9-3-5-10(13)6-4-9/h9-12H,2-8H2,1H3/t9-,10-,11-,12-. The molecule has 0 aromatic carbocycles. The predicted octanol–water partition coefficient (Wildman–Crippen LogP) is 2.56. The van der Waals surface area contributed by atoms with Crippen molar-refractivity contribution in [3.8, 4) is 0 Å². The van der Waals surface area contributed by atoms with Gasteiger partial charge in [-0.05, 0) is 32.6 Å². The Morgan fingerprint density at radius 3 is 2.31 bits per heavy atom. The fourth-order valence-electron chi connectivity index (χ4n) is 2.46. The lowest BCUT2D eigenvalue weighted by atomic mass is 9.88. The van der Waals surface area contributed by atoms with Gasteiger partial charge in [0.2, 0.25) is 0 Å². The summed E-state index contributed by atoms with van der Waals surface area (Å²) in [5.41, 5.74) is 0. The number of hydrogen-bond acceptors (Lipinski definition) is 3. The highest BCUT2D eigenvalue weighted by molar-refractivity contribution is 6.20. The summed E-state index contributed by atoms with van der Waals surface area (Å²) in [5.74, 6) is 0.526. The van der Waals surface area contributed by atoms with Crippen LogP contribution in [0.3, 0.4) is 0 Å². The van der Waals surface area contributed by atoms with Crippen LogP contribution in [0.4, 0.5) is 0 Å². The third-order valence-electron chi connectivity index (χ3n) is 3.38. The summed E-state index contributed by atoms with van der Waals surface area (Å²) in [6.45, 7) is 4.05. The Morgan fingerprint density at radius 1 is 1.12 bits per heavy atom. The Labute approximate surface area is 102 Å². The summed E-state index contributed by atoms with van der Waals surface area (Å²) in [6.07, 6.45) is 4.51. The highest BCUT2D eigenvalue weighted by atomic mass is 35.5. The van der Waals surface area contributed by atoms with Crippen LogP contribution in [0.5, 0.6) is 0 Å². The van der Waals surface area contributed by atoms with Crippen LogP contribution in [0.15, 0.2) is 0 Å². The number of ether oxygens (including phenoxy) is 3. The molecule has 2 rings (SSSR count). The van der Waals surface area contributed by atoms with Gasteiger partial charge in [0.1, 0.15) is 6.10 Å². The molecule has 1 saturated carbocycles. The summed E-state index contributed by atoms with van der Waals surface area (Å²) in [7, 11) is 0. The normalized spacial score (nSPS) is 40.9. The van der Waals surface area contributed by atoms with Crippen LogP contribution in [-0.4, -0.2) is 37.6 Å². The molecule has 4 heteroatoms. The fourth-order valence-corrected chi connectivity index (χ4v) is 2.71. The second-order valence-corrected chi connectivity index (χ2v) is 5.24. The van der Waals surface area contributed by atoms with E-state index in [0.717, 1.165) is 32.3 Å². The van der Waals surface area contributed by atoms with E-state index in [0.29, 0.717) is 24.5 Å². The largest absolute Gasteiger partial charge is 0.374 e. The molecular formula is C12H21ClO3. The Morgan fingerprint density at radius 2 is 1.75 bits per heavy atom. The summed E-state index contributed by atoms with van der Waals surface area (Å²) in [5, 5.41) is 0.357. The van der Waals surface area contributed by atoms with E-state index in [1.165, 1.54) is 0 Å². The minimum atomic E-state index is -0.0270. The van der Waals surface area contributed by atoms with Crippen LogP contribution >= 0.6 is 11.6 Å². The Hall–Kier alpha value is 0.170. The molecule has 0 N–H and O–H groups in total. The first-order chi connectivity index (χ1) is 7.79. The second-order valence-electron chi connectivity index (χ2n) is 4.62. The molecule has 1 heterocycles. The van der Waals surface area contributed by atoms with Crippen molar-refractivity contribution in [2.75, 3.05) is 19.8 Å². The van der Waals surface area contributed by atoms with Crippen molar-refractivity contribution >= 4 is 11.6 Å². The zero-order valence-corrected chi connectivity index (χ0v) is 10.6. The third-order valence-corrected chi connectivity index (χ3v) is 3.82. The van der Waals surface area contributed by atoms with Gasteiger partial charge < -0.3 is 14.2 Å². The van der Waals surface area contributed by atoms with Gasteiger partial charge in [0.15, 0.2) is 6.29 Å². The van der Waals surface area contributed by atoms with E-state index in [1.54, 1.807) is 0 Å². The van der Waals surface area contributed by atoms with Crippen LogP contribution < -0.4 is 0 Å². The lowest BCUT2D eigenvalue weighted by molar-refractivity contribution is -0.248. The average molecular weight is 249 g/mol. The van der Waals surface area contributed by atoms with Crippen LogP contribution in [-0.2, 0) is 14.2 Å². The maximum absolute atomic E-state index is 6.08. The molecule has 2 fully saturated rings. The molecule has 94 valence electrons. The first-order valence-corrected chi connectivity index (χ1v) is 6.72. The van der Waals surface area contributed by atoms with Crippen molar-refractivity contribution in [3.63, 3.8) is 0 Å². The quantitative estimate of drug-likeness (QED) is 0.719. The van der Waals surface area contributed by atoms with Gasteiger partial charge in [-0.3, -0.25) is 0 Å². The Bertz CT molecular complexity index is 196. The Kier molecular flexibility index (Phi) is 4.89. The van der Waals surface area contributed by atoms with Crippen LogP contribution in [0.1, 0.15) is 32.6 Å². The van der Waals surface area contributed by atoms with Crippen molar-refractivity contribution in [1.82, 2.24) is 0 Å². The number of alkyl halides is 1. The zero-order chi connectivity index (χ0) is 11.4. The third kappa shape index (κ3) is 3.33. The fraction of sp³-hybridized carbons (Fsp3) is 1.00. The minimum Gasteiger partial charge on any atom is -0.374 e. The second kappa shape index (κ2) is 6.20. The van der Waals surface area contributed by atoms with Gasteiger partial charge in [-0.25, -0.2) is 0 Å². The van der Waals surface area contributed by atoms with Gasteiger partial charge in [-0.1, -0.05) is 0 Å². The van der Waals surface area contributed by atoms with Crippen molar-refractivity contribution in [2.45, 2.75) is 50.4 Å². The Balaban J connectivity index is 1.72. The lowest BCUT2D eigenvalue weighted by Gasteiger charge is -2.36.